The first-order chi connectivity index (χ1) is 16.5. The summed E-state index contributed by atoms with van der Waals surface area (Å²) >= 11 is 0. The molecule has 0 spiro atoms. The zero-order valence-corrected chi connectivity index (χ0v) is 19.7. The molecule has 1 aliphatic rings. The van der Waals surface area contributed by atoms with Crippen LogP contribution in [0, 0.1) is 11.8 Å². The van der Waals surface area contributed by atoms with Gasteiger partial charge in [0.2, 0.25) is 6.29 Å². The van der Waals surface area contributed by atoms with Crippen molar-refractivity contribution in [1.29, 1.82) is 0 Å². The van der Waals surface area contributed by atoms with Crippen LogP contribution in [-0.2, 0) is 22.4 Å². The van der Waals surface area contributed by atoms with Crippen molar-refractivity contribution in [2.45, 2.75) is 57.4 Å². The number of rotatable bonds is 9. The van der Waals surface area contributed by atoms with E-state index in [2.05, 4.69) is 13.8 Å². The quantitative estimate of drug-likeness (QED) is 0.301. The van der Waals surface area contributed by atoms with Crippen LogP contribution in [-0.4, -0.2) is 74.4 Å². The molecule has 1 fully saturated rings. The second-order valence-electron chi connectivity index (χ2n) is 9.02. The Bertz CT molecular complexity index is 1030. The second-order valence-corrected chi connectivity index (χ2v) is 9.02. The topological polar surface area (TPSA) is 166 Å². The van der Waals surface area contributed by atoms with Crippen LogP contribution in [0.25, 0.3) is 0 Å². The molecule has 0 radical (unpaired) electrons. The molecule has 7 atom stereocenters. The van der Waals surface area contributed by atoms with Crippen LogP contribution >= 0.6 is 0 Å². The fraction of sp³-hybridized carbons (Fsp3) is 0.480. The SMILES string of the molecule is COc1cc(CC(C)C(C)Cc2ccc(O)c(OC3OC(C(=O)O)C(O)C(O)C3O)c2)ccc1O. The number of carbonyl (C=O) groups is 1. The number of phenolic OH excluding ortho intramolecular Hbond substituents is 2. The maximum absolute atomic E-state index is 11.3. The van der Waals surface area contributed by atoms with Gasteiger partial charge in [0, 0.05) is 0 Å². The summed E-state index contributed by atoms with van der Waals surface area (Å²) in [5.41, 5.74) is 1.84. The molecule has 1 heterocycles. The highest BCUT2D eigenvalue weighted by Gasteiger charge is 2.48. The molecule has 0 amide bonds. The van der Waals surface area contributed by atoms with Crippen molar-refractivity contribution in [3.8, 4) is 23.0 Å². The van der Waals surface area contributed by atoms with Gasteiger partial charge in [-0.05, 0) is 60.1 Å². The van der Waals surface area contributed by atoms with E-state index in [1.54, 1.807) is 24.3 Å². The van der Waals surface area contributed by atoms with Crippen molar-refractivity contribution < 1.29 is 49.6 Å². The van der Waals surface area contributed by atoms with Gasteiger partial charge in [-0.15, -0.1) is 0 Å². The van der Waals surface area contributed by atoms with Gasteiger partial charge in [0.05, 0.1) is 7.11 Å². The minimum Gasteiger partial charge on any atom is -0.504 e. The first-order valence-corrected chi connectivity index (χ1v) is 11.3. The van der Waals surface area contributed by atoms with Gasteiger partial charge in [-0.2, -0.15) is 0 Å². The van der Waals surface area contributed by atoms with Crippen molar-refractivity contribution in [2.24, 2.45) is 11.8 Å². The molecule has 10 nitrogen and oxygen atoms in total. The Morgan fingerprint density at radius 2 is 1.40 bits per heavy atom. The van der Waals surface area contributed by atoms with Crippen LogP contribution in [0.2, 0.25) is 0 Å². The number of methoxy groups -OCH3 is 1. The lowest BCUT2D eigenvalue weighted by Crippen LogP contribution is -2.61. The molecule has 192 valence electrons. The molecule has 0 aromatic heterocycles. The summed E-state index contributed by atoms with van der Waals surface area (Å²) < 4.78 is 15.8. The van der Waals surface area contributed by atoms with Gasteiger partial charge in [0.1, 0.15) is 18.3 Å². The summed E-state index contributed by atoms with van der Waals surface area (Å²) in [6.07, 6.45) is -7.42. The van der Waals surface area contributed by atoms with Crippen molar-refractivity contribution in [3.05, 3.63) is 47.5 Å². The van der Waals surface area contributed by atoms with E-state index in [-0.39, 0.29) is 29.1 Å². The molecular weight excluding hydrogens is 460 g/mol. The van der Waals surface area contributed by atoms with Crippen LogP contribution in [0.5, 0.6) is 23.0 Å². The lowest BCUT2D eigenvalue weighted by molar-refractivity contribution is -0.271. The summed E-state index contributed by atoms with van der Waals surface area (Å²) in [6, 6.07) is 9.95. The standard InChI is InChI=1S/C25H32O10/c1-12(8-14-4-6-16(26)18(10-14)33-3)13(2)9-15-5-7-17(27)19(11-15)34-25-22(30)20(28)21(29)23(35-25)24(31)32/h4-7,10-13,20-23,25-30H,8-9H2,1-3H3,(H,31,32). The Kier molecular flexibility index (Phi) is 8.44. The molecule has 0 saturated carbocycles. The zero-order valence-electron chi connectivity index (χ0n) is 19.7. The minimum atomic E-state index is -1.84. The Morgan fingerprint density at radius 3 is 1.91 bits per heavy atom. The molecule has 2 aromatic carbocycles. The fourth-order valence-electron chi connectivity index (χ4n) is 4.05. The van der Waals surface area contributed by atoms with Gasteiger partial charge < -0.3 is 44.8 Å². The molecule has 0 bridgehead atoms. The predicted molar refractivity (Wildman–Crippen MR) is 123 cm³/mol. The highest BCUT2D eigenvalue weighted by atomic mass is 16.7. The maximum atomic E-state index is 11.3. The number of hydrogen-bond acceptors (Lipinski definition) is 9. The lowest BCUT2D eigenvalue weighted by Gasteiger charge is -2.38. The van der Waals surface area contributed by atoms with Gasteiger partial charge in [0.25, 0.3) is 0 Å². The molecule has 10 heteroatoms. The van der Waals surface area contributed by atoms with E-state index < -0.39 is 36.7 Å². The van der Waals surface area contributed by atoms with Crippen molar-refractivity contribution in [2.75, 3.05) is 7.11 Å². The average molecular weight is 493 g/mol. The summed E-state index contributed by atoms with van der Waals surface area (Å²) in [5, 5.41) is 59.2. The Morgan fingerprint density at radius 1 is 0.886 bits per heavy atom. The third kappa shape index (κ3) is 6.15. The largest absolute Gasteiger partial charge is 0.504 e. The number of hydrogen-bond donors (Lipinski definition) is 6. The number of aliphatic carboxylic acids is 1. The Labute approximate surface area is 202 Å². The summed E-state index contributed by atoms with van der Waals surface area (Å²) in [6.45, 7) is 4.19. The van der Waals surface area contributed by atoms with Crippen LogP contribution in [0.3, 0.4) is 0 Å². The molecule has 3 rings (SSSR count). The van der Waals surface area contributed by atoms with E-state index in [0.717, 1.165) is 17.5 Å². The van der Waals surface area contributed by atoms with Crippen LogP contribution < -0.4 is 9.47 Å². The number of aromatic hydroxyl groups is 2. The number of ether oxygens (including phenoxy) is 3. The van der Waals surface area contributed by atoms with Gasteiger partial charge in [-0.25, -0.2) is 4.79 Å². The molecule has 6 N–H and O–H groups in total. The number of phenols is 2. The highest BCUT2D eigenvalue weighted by Crippen LogP contribution is 2.33. The average Bonchev–Trinajstić information content (AvgIpc) is 2.82. The number of carboxylic acids is 1. The minimum absolute atomic E-state index is 0.0533. The van der Waals surface area contributed by atoms with Gasteiger partial charge in [-0.1, -0.05) is 26.0 Å². The lowest BCUT2D eigenvalue weighted by atomic mass is 9.85. The van der Waals surface area contributed by atoms with Crippen molar-refractivity contribution in [3.63, 3.8) is 0 Å². The van der Waals surface area contributed by atoms with Crippen LogP contribution in [0.15, 0.2) is 36.4 Å². The summed E-state index contributed by atoms with van der Waals surface area (Å²) in [7, 11) is 1.50. The molecule has 2 aromatic rings. The van der Waals surface area contributed by atoms with E-state index in [4.69, 9.17) is 14.2 Å². The maximum Gasteiger partial charge on any atom is 0.335 e. The smallest absolute Gasteiger partial charge is 0.335 e. The molecule has 0 aliphatic carbocycles. The van der Waals surface area contributed by atoms with E-state index in [1.807, 2.05) is 6.07 Å². The van der Waals surface area contributed by atoms with E-state index in [9.17, 15) is 35.4 Å². The van der Waals surface area contributed by atoms with E-state index in [0.29, 0.717) is 12.2 Å². The monoisotopic (exact) mass is 492 g/mol. The normalized spacial score (nSPS) is 26.1. The van der Waals surface area contributed by atoms with Crippen molar-refractivity contribution in [1.82, 2.24) is 0 Å². The van der Waals surface area contributed by atoms with Gasteiger partial charge in [0.15, 0.2) is 29.1 Å². The highest BCUT2D eigenvalue weighted by molar-refractivity contribution is 5.73. The molecule has 35 heavy (non-hydrogen) atoms. The van der Waals surface area contributed by atoms with E-state index in [1.165, 1.54) is 13.2 Å². The molecular formula is C25H32O10. The zero-order chi connectivity index (χ0) is 25.9. The first-order valence-electron chi connectivity index (χ1n) is 11.3. The Hall–Kier alpha value is -3.05. The van der Waals surface area contributed by atoms with Crippen LogP contribution in [0.1, 0.15) is 25.0 Å². The predicted octanol–water partition coefficient (Wildman–Crippen LogP) is 1.43. The summed E-state index contributed by atoms with van der Waals surface area (Å²) in [4.78, 5) is 11.3. The Balaban J connectivity index is 1.69. The van der Waals surface area contributed by atoms with E-state index >= 15 is 0 Å². The summed E-state index contributed by atoms with van der Waals surface area (Å²) in [5.74, 6) is -0.883. The molecule has 1 aliphatic heterocycles. The number of aliphatic hydroxyl groups excluding tert-OH is 3. The number of benzene rings is 2. The second kappa shape index (κ2) is 11.1. The van der Waals surface area contributed by atoms with Crippen LogP contribution in [0.4, 0.5) is 0 Å². The third-order valence-electron chi connectivity index (χ3n) is 6.41. The number of aliphatic hydroxyl groups is 3. The van der Waals surface area contributed by atoms with Crippen molar-refractivity contribution >= 4 is 5.97 Å². The van der Waals surface area contributed by atoms with Gasteiger partial charge >= 0.3 is 5.97 Å². The third-order valence-corrected chi connectivity index (χ3v) is 6.41. The fourth-order valence-corrected chi connectivity index (χ4v) is 4.05. The molecule has 1 saturated heterocycles. The number of carboxylic acid groups (broad SMARTS) is 1. The van der Waals surface area contributed by atoms with Gasteiger partial charge in [-0.3, -0.25) is 0 Å². The molecule has 7 unspecified atom stereocenters. The first kappa shape index (κ1) is 26.6.